The Morgan fingerprint density at radius 3 is 2.72 bits per heavy atom. The lowest BCUT2D eigenvalue weighted by Gasteiger charge is -2.29. The first-order chi connectivity index (χ1) is 12.1. The zero-order valence-electron chi connectivity index (χ0n) is 13.2. The van der Waals surface area contributed by atoms with Crippen molar-refractivity contribution in [2.75, 3.05) is 16.8 Å². The van der Waals surface area contributed by atoms with Gasteiger partial charge in [0.15, 0.2) is 0 Å². The average Bonchev–Trinajstić information content (AvgIpc) is 2.63. The van der Waals surface area contributed by atoms with Crippen molar-refractivity contribution in [3.05, 3.63) is 65.2 Å². The Balaban J connectivity index is 1.68. The van der Waals surface area contributed by atoms with Crippen LogP contribution in [0.2, 0.25) is 0 Å². The van der Waals surface area contributed by atoms with E-state index in [1.165, 1.54) is 15.8 Å². The molecule has 124 valence electrons. The minimum absolute atomic E-state index is 0.0778. The molecule has 2 aromatic carbocycles. The number of hydrogen-bond donors (Lipinski definition) is 1. The molecule has 1 aliphatic heterocycles. The topological polar surface area (TPSA) is 84.3 Å². The van der Waals surface area contributed by atoms with Crippen molar-refractivity contribution >= 4 is 34.1 Å². The number of aromatic nitrogens is 2. The molecule has 0 bridgehead atoms. The molecular formula is C18H14N4O3. The number of anilines is 2. The van der Waals surface area contributed by atoms with E-state index in [0.717, 1.165) is 0 Å². The van der Waals surface area contributed by atoms with Crippen LogP contribution in [0.1, 0.15) is 0 Å². The SMILES string of the molecule is O=C1CN(C(=O)Cn2cnc3ccccc3c2=O)c2ccccc2N1. The van der Waals surface area contributed by atoms with Gasteiger partial charge >= 0.3 is 0 Å². The van der Waals surface area contributed by atoms with E-state index in [0.29, 0.717) is 22.3 Å². The van der Waals surface area contributed by atoms with E-state index < -0.39 is 0 Å². The summed E-state index contributed by atoms with van der Waals surface area (Å²) in [6.07, 6.45) is 1.36. The predicted molar refractivity (Wildman–Crippen MR) is 93.4 cm³/mol. The summed E-state index contributed by atoms with van der Waals surface area (Å²) >= 11 is 0. The molecule has 0 spiro atoms. The van der Waals surface area contributed by atoms with Crippen LogP contribution >= 0.6 is 0 Å². The highest BCUT2D eigenvalue weighted by Gasteiger charge is 2.26. The van der Waals surface area contributed by atoms with Crippen LogP contribution in [-0.4, -0.2) is 27.9 Å². The number of carbonyl (C=O) groups excluding carboxylic acids is 2. The van der Waals surface area contributed by atoms with Gasteiger partial charge in [-0.05, 0) is 24.3 Å². The zero-order chi connectivity index (χ0) is 17.4. The first-order valence-corrected chi connectivity index (χ1v) is 7.77. The average molecular weight is 334 g/mol. The Labute approximate surface area is 142 Å². The lowest BCUT2D eigenvalue weighted by Crippen LogP contribution is -2.44. The summed E-state index contributed by atoms with van der Waals surface area (Å²) in [7, 11) is 0. The lowest BCUT2D eigenvalue weighted by molar-refractivity contribution is -0.122. The minimum Gasteiger partial charge on any atom is -0.323 e. The van der Waals surface area contributed by atoms with E-state index in [9.17, 15) is 14.4 Å². The number of rotatable bonds is 2. The molecule has 0 fully saturated rings. The van der Waals surface area contributed by atoms with Crippen LogP contribution < -0.4 is 15.8 Å². The maximum atomic E-state index is 12.7. The summed E-state index contributed by atoms with van der Waals surface area (Å²) < 4.78 is 1.26. The van der Waals surface area contributed by atoms with Crippen molar-refractivity contribution in [3.63, 3.8) is 0 Å². The molecular weight excluding hydrogens is 320 g/mol. The molecule has 0 aliphatic carbocycles. The molecule has 2 heterocycles. The van der Waals surface area contributed by atoms with Crippen LogP contribution in [0.15, 0.2) is 59.7 Å². The van der Waals surface area contributed by atoms with Gasteiger partial charge in [0.05, 0.1) is 28.6 Å². The summed E-state index contributed by atoms with van der Waals surface area (Å²) in [5, 5.41) is 3.18. The van der Waals surface area contributed by atoms with E-state index >= 15 is 0 Å². The van der Waals surface area contributed by atoms with Gasteiger partial charge in [-0.15, -0.1) is 0 Å². The highest BCUT2D eigenvalue weighted by molar-refractivity contribution is 6.09. The number of carbonyl (C=O) groups is 2. The normalized spacial score (nSPS) is 13.4. The molecule has 1 aromatic heterocycles. The Kier molecular flexibility index (Phi) is 3.53. The number of hydrogen-bond acceptors (Lipinski definition) is 4. The van der Waals surface area contributed by atoms with Crippen LogP contribution in [0.3, 0.4) is 0 Å². The molecule has 1 N–H and O–H groups in total. The number of benzene rings is 2. The van der Waals surface area contributed by atoms with E-state index in [4.69, 9.17) is 0 Å². The van der Waals surface area contributed by atoms with Crippen LogP contribution in [0, 0.1) is 0 Å². The fourth-order valence-corrected chi connectivity index (χ4v) is 2.91. The van der Waals surface area contributed by atoms with Gasteiger partial charge in [-0.2, -0.15) is 0 Å². The van der Waals surface area contributed by atoms with Gasteiger partial charge in [0, 0.05) is 0 Å². The number of para-hydroxylation sites is 3. The Hall–Kier alpha value is -3.48. The van der Waals surface area contributed by atoms with Gasteiger partial charge in [0.2, 0.25) is 11.8 Å². The maximum absolute atomic E-state index is 12.7. The van der Waals surface area contributed by atoms with Crippen LogP contribution in [0.5, 0.6) is 0 Å². The minimum atomic E-state index is -0.346. The summed E-state index contributed by atoms with van der Waals surface area (Å²) in [5.74, 6) is -0.613. The third-order valence-electron chi connectivity index (χ3n) is 4.11. The Morgan fingerprint density at radius 1 is 1.08 bits per heavy atom. The van der Waals surface area contributed by atoms with Crippen molar-refractivity contribution in [2.45, 2.75) is 6.54 Å². The molecule has 7 nitrogen and oxygen atoms in total. The van der Waals surface area contributed by atoms with Gasteiger partial charge in [0.25, 0.3) is 5.56 Å². The highest BCUT2D eigenvalue weighted by atomic mass is 16.2. The monoisotopic (exact) mass is 334 g/mol. The quantitative estimate of drug-likeness (QED) is 0.767. The van der Waals surface area contributed by atoms with Crippen molar-refractivity contribution in [3.8, 4) is 0 Å². The third kappa shape index (κ3) is 2.65. The van der Waals surface area contributed by atoms with E-state index in [1.54, 1.807) is 48.5 Å². The third-order valence-corrected chi connectivity index (χ3v) is 4.11. The largest absolute Gasteiger partial charge is 0.323 e. The molecule has 1 aliphatic rings. The zero-order valence-corrected chi connectivity index (χ0v) is 13.2. The van der Waals surface area contributed by atoms with Crippen molar-refractivity contribution < 1.29 is 9.59 Å². The molecule has 7 heteroatoms. The molecule has 25 heavy (non-hydrogen) atoms. The second-order valence-corrected chi connectivity index (χ2v) is 5.74. The summed E-state index contributed by atoms with van der Waals surface area (Å²) in [4.78, 5) is 42.7. The fraction of sp³-hybridized carbons (Fsp3) is 0.111. The van der Waals surface area contributed by atoms with Crippen LogP contribution in [0.4, 0.5) is 11.4 Å². The number of nitrogens with one attached hydrogen (secondary N) is 1. The molecule has 0 saturated carbocycles. The first kappa shape index (κ1) is 15.1. The second kappa shape index (κ2) is 5.86. The predicted octanol–water partition coefficient (Wildman–Crippen LogP) is 1.38. The van der Waals surface area contributed by atoms with Gasteiger partial charge < -0.3 is 5.32 Å². The highest BCUT2D eigenvalue weighted by Crippen LogP contribution is 2.28. The Bertz CT molecular complexity index is 1060. The van der Waals surface area contributed by atoms with Crippen molar-refractivity contribution in [1.29, 1.82) is 0 Å². The van der Waals surface area contributed by atoms with Gasteiger partial charge in [-0.25, -0.2) is 4.98 Å². The number of nitrogens with zero attached hydrogens (tertiary/aromatic N) is 3. The fourth-order valence-electron chi connectivity index (χ4n) is 2.91. The first-order valence-electron chi connectivity index (χ1n) is 7.77. The van der Waals surface area contributed by atoms with Gasteiger partial charge in [-0.3, -0.25) is 23.9 Å². The summed E-state index contributed by atoms with van der Waals surface area (Å²) in [6.45, 7) is -0.260. The molecule has 4 rings (SSSR count). The second-order valence-electron chi connectivity index (χ2n) is 5.74. The smallest absolute Gasteiger partial charge is 0.261 e. The molecule has 2 amide bonds. The maximum Gasteiger partial charge on any atom is 0.261 e. The van der Waals surface area contributed by atoms with Crippen LogP contribution in [0.25, 0.3) is 10.9 Å². The van der Waals surface area contributed by atoms with Crippen LogP contribution in [-0.2, 0) is 16.1 Å². The molecule has 3 aromatic rings. The van der Waals surface area contributed by atoms with Crippen molar-refractivity contribution in [2.24, 2.45) is 0 Å². The molecule has 0 unspecified atom stereocenters. The molecule has 0 atom stereocenters. The molecule has 0 saturated heterocycles. The standard InChI is InChI=1S/C18H14N4O3/c23-16-9-22(15-8-4-3-7-14(15)20-16)17(24)10-21-11-19-13-6-2-1-5-12(13)18(21)25/h1-8,11H,9-10H2,(H,20,23). The number of amides is 2. The molecule has 0 radical (unpaired) electrons. The Morgan fingerprint density at radius 2 is 1.84 bits per heavy atom. The van der Waals surface area contributed by atoms with Crippen molar-refractivity contribution in [1.82, 2.24) is 9.55 Å². The summed E-state index contributed by atoms with van der Waals surface area (Å²) in [6, 6.07) is 14.0. The number of fused-ring (bicyclic) bond motifs is 2. The van der Waals surface area contributed by atoms with E-state index in [2.05, 4.69) is 10.3 Å². The van der Waals surface area contributed by atoms with E-state index in [-0.39, 0.29) is 30.5 Å². The van der Waals surface area contributed by atoms with E-state index in [1.807, 2.05) is 0 Å². The van der Waals surface area contributed by atoms with Gasteiger partial charge in [-0.1, -0.05) is 24.3 Å². The lowest BCUT2D eigenvalue weighted by atomic mass is 10.2. The summed E-state index contributed by atoms with van der Waals surface area (Å²) in [5.41, 5.74) is 1.50. The van der Waals surface area contributed by atoms with Gasteiger partial charge in [0.1, 0.15) is 13.1 Å².